The first-order chi connectivity index (χ1) is 16.0. The Labute approximate surface area is 199 Å². The van der Waals surface area contributed by atoms with Gasteiger partial charge in [0.05, 0.1) is 31.9 Å². The second kappa shape index (κ2) is 9.44. The average Bonchev–Trinajstić information content (AvgIpc) is 3.24. The molecule has 186 valence electrons. The lowest BCUT2D eigenvalue weighted by molar-refractivity contribution is -0.138. The van der Waals surface area contributed by atoms with E-state index in [2.05, 4.69) is 0 Å². The predicted octanol–water partition coefficient (Wildman–Crippen LogP) is 4.10. The average molecular weight is 477 g/mol. The number of carbonyl (C=O) groups is 3. The summed E-state index contributed by atoms with van der Waals surface area (Å²) < 4.78 is 26.5. The van der Waals surface area contributed by atoms with Gasteiger partial charge in [-0.25, -0.2) is 14.4 Å². The molecule has 1 aromatic rings. The number of benzene rings is 1. The first kappa shape index (κ1) is 25.2. The Morgan fingerprint density at radius 1 is 1.12 bits per heavy atom. The number of esters is 1. The lowest BCUT2D eigenvalue weighted by Gasteiger charge is -2.38. The van der Waals surface area contributed by atoms with Gasteiger partial charge in [0.2, 0.25) is 6.23 Å². The SMILES string of the molecule is CCOC(=O)C1=C(C)N2N(C(=O)OC)[C@H](OC(=O)OC(C)(C)C)C[C@]2(c2ccc(OC)cc2)C1. The van der Waals surface area contributed by atoms with E-state index in [1.54, 1.807) is 58.9 Å². The predicted molar refractivity (Wildman–Crippen MR) is 120 cm³/mol. The number of fused-ring (bicyclic) bond motifs is 1. The molecular formula is C24H32N2O8. The zero-order valence-corrected chi connectivity index (χ0v) is 20.7. The zero-order chi connectivity index (χ0) is 25.3. The van der Waals surface area contributed by atoms with Crippen molar-refractivity contribution in [2.75, 3.05) is 20.8 Å². The van der Waals surface area contributed by atoms with Crippen molar-refractivity contribution in [3.05, 3.63) is 41.1 Å². The third-order valence-electron chi connectivity index (χ3n) is 5.76. The normalized spacial score (nSPS) is 21.8. The van der Waals surface area contributed by atoms with Gasteiger partial charge in [-0.1, -0.05) is 12.1 Å². The molecule has 0 saturated carbocycles. The molecule has 10 nitrogen and oxygen atoms in total. The fraction of sp³-hybridized carbons (Fsp3) is 0.542. The van der Waals surface area contributed by atoms with E-state index in [-0.39, 0.29) is 19.4 Å². The number of hydrogen-bond acceptors (Lipinski definition) is 9. The lowest BCUT2D eigenvalue weighted by Crippen LogP contribution is -2.49. The minimum atomic E-state index is -1.02. The summed E-state index contributed by atoms with van der Waals surface area (Å²) in [5.74, 6) is 0.195. The second-order valence-corrected chi connectivity index (χ2v) is 9.09. The molecule has 2 heterocycles. The van der Waals surface area contributed by atoms with Crippen molar-refractivity contribution in [3.63, 3.8) is 0 Å². The van der Waals surface area contributed by atoms with Crippen LogP contribution >= 0.6 is 0 Å². The Morgan fingerprint density at radius 3 is 2.29 bits per heavy atom. The quantitative estimate of drug-likeness (QED) is 0.459. The van der Waals surface area contributed by atoms with Crippen LogP contribution in [0.3, 0.4) is 0 Å². The van der Waals surface area contributed by atoms with Crippen molar-refractivity contribution >= 4 is 18.2 Å². The Balaban J connectivity index is 2.09. The Bertz CT molecular complexity index is 982. The maximum atomic E-state index is 12.9. The second-order valence-electron chi connectivity index (χ2n) is 9.09. The number of nitrogens with zero attached hydrogens (tertiary/aromatic N) is 2. The van der Waals surface area contributed by atoms with Crippen molar-refractivity contribution in [2.45, 2.75) is 64.8 Å². The summed E-state index contributed by atoms with van der Waals surface area (Å²) in [6.45, 7) is 8.83. The molecule has 0 unspecified atom stereocenters. The smallest absolute Gasteiger partial charge is 0.497 e. The van der Waals surface area contributed by atoms with E-state index in [0.29, 0.717) is 17.0 Å². The van der Waals surface area contributed by atoms with Gasteiger partial charge in [0.15, 0.2) is 0 Å². The molecule has 0 bridgehead atoms. The molecule has 1 aromatic carbocycles. The number of ether oxygens (including phenoxy) is 5. The van der Waals surface area contributed by atoms with Crippen LogP contribution in [0.4, 0.5) is 9.59 Å². The molecule has 0 spiro atoms. The third kappa shape index (κ3) is 4.62. The van der Waals surface area contributed by atoms with Crippen molar-refractivity contribution in [3.8, 4) is 5.75 Å². The van der Waals surface area contributed by atoms with E-state index in [0.717, 1.165) is 5.56 Å². The van der Waals surface area contributed by atoms with Crippen LogP contribution in [0, 0.1) is 0 Å². The maximum Gasteiger partial charge on any atom is 0.510 e. The van der Waals surface area contributed by atoms with Gasteiger partial charge in [0, 0.05) is 18.5 Å². The lowest BCUT2D eigenvalue weighted by atomic mass is 9.83. The third-order valence-corrected chi connectivity index (χ3v) is 5.76. The Morgan fingerprint density at radius 2 is 1.76 bits per heavy atom. The number of hydrogen-bond donors (Lipinski definition) is 0. The number of rotatable bonds is 5. The topological polar surface area (TPSA) is 104 Å². The molecule has 1 fully saturated rings. The van der Waals surface area contributed by atoms with Crippen LogP contribution in [-0.2, 0) is 29.3 Å². The molecule has 0 aliphatic carbocycles. The molecule has 2 atom stereocenters. The van der Waals surface area contributed by atoms with E-state index in [1.165, 1.54) is 12.1 Å². The summed E-state index contributed by atoms with van der Waals surface area (Å²) in [4.78, 5) is 38.2. The first-order valence-corrected chi connectivity index (χ1v) is 11.1. The highest BCUT2D eigenvalue weighted by atomic mass is 16.7. The summed E-state index contributed by atoms with van der Waals surface area (Å²) >= 11 is 0. The highest BCUT2D eigenvalue weighted by Crippen LogP contribution is 2.54. The zero-order valence-electron chi connectivity index (χ0n) is 20.7. The van der Waals surface area contributed by atoms with Crippen molar-refractivity contribution < 1.29 is 38.1 Å². The summed E-state index contributed by atoms with van der Waals surface area (Å²) in [5, 5.41) is 2.89. The molecule has 1 saturated heterocycles. The van der Waals surface area contributed by atoms with Gasteiger partial charge in [0.1, 0.15) is 11.4 Å². The van der Waals surface area contributed by atoms with Gasteiger partial charge >= 0.3 is 18.2 Å². The van der Waals surface area contributed by atoms with Gasteiger partial charge in [-0.15, -0.1) is 0 Å². The van der Waals surface area contributed by atoms with Crippen molar-refractivity contribution in [1.29, 1.82) is 0 Å². The number of hydrazine groups is 1. The highest BCUT2D eigenvalue weighted by molar-refractivity contribution is 5.90. The minimum Gasteiger partial charge on any atom is -0.497 e. The molecular weight excluding hydrogens is 444 g/mol. The number of methoxy groups -OCH3 is 2. The minimum absolute atomic E-state index is 0.175. The largest absolute Gasteiger partial charge is 0.510 e. The molecule has 0 aromatic heterocycles. The monoisotopic (exact) mass is 476 g/mol. The highest BCUT2D eigenvalue weighted by Gasteiger charge is 2.60. The van der Waals surface area contributed by atoms with Crippen molar-refractivity contribution in [1.82, 2.24) is 10.0 Å². The van der Waals surface area contributed by atoms with Crippen LogP contribution in [0.5, 0.6) is 5.75 Å². The molecule has 0 radical (unpaired) electrons. The van der Waals surface area contributed by atoms with E-state index in [1.807, 2.05) is 12.1 Å². The summed E-state index contributed by atoms with van der Waals surface area (Å²) in [7, 11) is 2.81. The van der Waals surface area contributed by atoms with E-state index in [9.17, 15) is 14.4 Å². The number of allylic oxidation sites excluding steroid dienone is 1. The Hall–Kier alpha value is -3.43. The molecule has 3 rings (SSSR count). The van der Waals surface area contributed by atoms with Gasteiger partial charge < -0.3 is 23.7 Å². The van der Waals surface area contributed by atoms with Crippen LogP contribution in [0.15, 0.2) is 35.5 Å². The fourth-order valence-corrected chi connectivity index (χ4v) is 4.43. The molecule has 1 amide bonds. The number of carbonyl (C=O) groups excluding carboxylic acids is 3. The Kier molecular flexibility index (Phi) is 6.99. The molecule has 10 heteroatoms. The summed E-state index contributed by atoms with van der Waals surface area (Å²) in [6.07, 6.45) is -2.26. The van der Waals surface area contributed by atoms with E-state index >= 15 is 0 Å². The van der Waals surface area contributed by atoms with Crippen LogP contribution in [-0.4, -0.2) is 60.9 Å². The van der Waals surface area contributed by atoms with Gasteiger partial charge in [-0.2, -0.15) is 5.01 Å². The van der Waals surface area contributed by atoms with Crippen LogP contribution in [0.1, 0.15) is 53.0 Å². The van der Waals surface area contributed by atoms with Crippen LogP contribution in [0.25, 0.3) is 0 Å². The molecule has 0 N–H and O–H groups in total. The standard InChI is InChI=1S/C24H32N2O8/c1-8-32-20(27)18-13-24(16-9-11-17(30-6)12-10-16)14-19(33-22(29)34-23(3,4)5)25(21(28)31-7)26(24)15(18)2/h9-12,19H,8,13-14H2,1-7H3/t19-,24+/m1/s1. The summed E-state index contributed by atoms with van der Waals surface area (Å²) in [6, 6.07) is 7.31. The van der Waals surface area contributed by atoms with Gasteiger partial charge in [-0.3, -0.25) is 5.01 Å². The fourth-order valence-electron chi connectivity index (χ4n) is 4.43. The molecule has 2 aliphatic heterocycles. The molecule has 34 heavy (non-hydrogen) atoms. The maximum absolute atomic E-state index is 12.9. The summed E-state index contributed by atoms with van der Waals surface area (Å²) in [5.41, 5.74) is 0.0651. The van der Waals surface area contributed by atoms with Gasteiger partial charge in [-0.05, 0) is 52.3 Å². The van der Waals surface area contributed by atoms with E-state index in [4.69, 9.17) is 23.7 Å². The van der Waals surface area contributed by atoms with Crippen LogP contribution < -0.4 is 4.74 Å². The van der Waals surface area contributed by atoms with Gasteiger partial charge in [0.25, 0.3) is 0 Å². The first-order valence-electron chi connectivity index (χ1n) is 11.1. The van der Waals surface area contributed by atoms with Crippen molar-refractivity contribution in [2.24, 2.45) is 0 Å². The van der Waals surface area contributed by atoms with E-state index < -0.39 is 35.6 Å². The van der Waals surface area contributed by atoms with Crippen LogP contribution in [0.2, 0.25) is 0 Å². The molecule has 2 aliphatic rings. The number of amides is 1.